The predicted octanol–water partition coefficient (Wildman–Crippen LogP) is 10.8. The molecule has 1 fully saturated rings. The maximum atomic E-state index is 14.9. The van der Waals surface area contributed by atoms with Crippen molar-refractivity contribution in [1.82, 2.24) is 15.1 Å². The third-order valence-electron chi connectivity index (χ3n) is 12.8. The van der Waals surface area contributed by atoms with E-state index < -0.39 is 64.0 Å². The SMILES string of the molecule is Cc1c(C)c(S(=O)(=O)/N=C(\NC(=O)OCc2ccccc2)N(CCC[13CH]2C(=O)O[C@H](c3ccccc3)[C@H](c3ccccc3)N2C(=O)OCc2ccccc2)C(=O)OCc2ccccc2)c(C)c2c1OC(C)(C)C2. The smallest absolute Gasteiger partial charge is 0.417 e. The number of morpholine rings is 1. The molecule has 378 valence electrons. The summed E-state index contributed by atoms with van der Waals surface area (Å²) in [5, 5.41) is 2.45. The molecule has 2 heterocycles. The fraction of sp³-hybridized carbons (Fsp3) is 0.281. The Bertz CT molecular complexity index is 3070. The van der Waals surface area contributed by atoms with Crippen molar-refractivity contribution in [3.05, 3.63) is 202 Å². The van der Waals surface area contributed by atoms with Crippen LogP contribution >= 0.6 is 0 Å². The zero-order chi connectivity index (χ0) is 51.7. The summed E-state index contributed by atoms with van der Waals surface area (Å²) in [7, 11) is -4.77. The third kappa shape index (κ3) is 12.2. The second-order valence-corrected chi connectivity index (χ2v) is 20.1. The van der Waals surface area contributed by atoms with E-state index >= 15 is 0 Å². The molecular weight excluding hydrogens is 950 g/mol. The van der Waals surface area contributed by atoms with E-state index in [0.717, 1.165) is 10.5 Å². The van der Waals surface area contributed by atoms with Crippen molar-refractivity contribution in [2.75, 3.05) is 6.54 Å². The van der Waals surface area contributed by atoms with E-state index in [0.29, 0.717) is 56.7 Å². The maximum absolute atomic E-state index is 14.9. The molecule has 0 bridgehead atoms. The summed E-state index contributed by atoms with van der Waals surface area (Å²) in [6, 6.07) is 42.9. The lowest BCUT2D eigenvalue weighted by atomic mass is 9.93. The van der Waals surface area contributed by atoms with Crippen LogP contribution in [0.5, 0.6) is 5.75 Å². The molecule has 3 amide bonds. The number of sulfonamides is 1. The highest BCUT2D eigenvalue weighted by atomic mass is 32.2. The van der Waals surface area contributed by atoms with Crippen LogP contribution in [0.2, 0.25) is 0 Å². The molecule has 2 aliphatic rings. The summed E-state index contributed by atoms with van der Waals surface area (Å²) in [5.74, 6) is -0.859. The van der Waals surface area contributed by atoms with Crippen molar-refractivity contribution in [2.45, 2.75) is 102 Å². The summed E-state index contributed by atoms with van der Waals surface area (Å²) < 4.78 is 63.9. The molecule has 1 N–H and O–H groups in total. The van der Waals surface area contributed by atoms with Crippen LogP contribution in [0.15, 0.2) is 161 Å². The van der Waals surface area contributed by atoms with Gasteiger partial charge >= 0.3 is 24.2 Å². The van der Waals surface area contributed by atoms with Crippen LogP contribution in [0.3, 0.4) is 0 Å². The van der Waals surface area contributed by atoms with Gasteiger partial charge in [-0.25, -0.2) is 24.1 Å². The summed E-state index contributed by atoms with van der Waals surface area (Å²) >= 11 is 0. The predicted molar refractivity (Wildman–Crippen MR) is 273 cm³/mol. The van der Waals surface area contributed by atoms with E-state index in [9.17, 15) is 27.6 Å². The van der Waals surface area contributed by atoms with Crippen molar-refractivity contribution in [2.24, 2.45) is 4.40 Å². The van der Waals surface area contributed by atoms with E-state index in [1.54, 1.807) is 81.4 Å². The van der Waals surface area contributed by atoms with E-state index in [1.807, 2.05) is 105 Å². The van der Waals surface area contributed by atoms with Gasteiger partial charge in [0.1, 0.15) is 43.3 Å². The van der Waals surface area contributed by atoms with Gasteiger partial charge in [-0.1, -0.05) is 152 Å². The van der Waals surface area contributed by atoms with Gasteiger partial charge in [0.25, 0.3) is 10.0 Å². The summed E-state index contributed by atoms with van der Waals surface area (Å²) in [5.41, 5.74) is 4.78. The number of cyclic esters (lactones) is 1. The number of alkyl carbamates (subject to hydrolysis) is 1. The number of hydrogen-bond donors (Lipinski definition) is 1. The molecule has 2 aliphatic heterocycles. The van der Waals surface area contributed by atoms with E-state index in [-0.39, 0.29) is 44.1 Å². The monoisotopic (exact) mass is 1010 g/mol. The second-order valence-electron chi connectivity index (χ2n) is 18.5. The van der Waals surface area contributed by atoms with Crippen molar-refractivity contribution in [3.8, 4) is 5.75 Å². The minimum absolute atomic E-state index is 0.0930. The standard InChI is InChI=1S/C57H58N4O11S/c1-38-39(2)51(40(3)46-34-57(4,5)72-49(38)46)73(66,67)59-53(58-54(63)68-35-41-22-11-6-12-23-41)60(55(64)69-36-42-24-13-7-14-25-42)33-21-32-47-52(62)71-50(45-30-19-10-20-31-45)48(44-28-17-9-18-29-44)61(47)56(65)70-37-43-26-15-8-16-27-43/h6-20,22-31,47-48,50H,21,32-37H2,1-5H3,(H,58,59,63)/t47?,48-,50+/m0/s1/i47+1. The first kappa shape index (κ1) is 51.4. The molecule has 1 unspecified atom stereocenters. The van der Waals surface area contributed by atoms with Gasteiger partial charge in [-0.15, -0.1) is 4.40 Å². The molecule has 16 heteroatoms. The van der Waals surface area contributed by atoms with Crippen molar-refractivity contribution in [1.29, 1.82) is 0 Å². The van der Waals surface area contributed by atoms with Crippen LogP contribution in [-0.2, 0) is 60.0 Å². The lowest BCUT2D eigenvalue weighted by molar-refractivity contribution is -0.173. The summed E-state index contributed by atoms with van der Waals surface area (Å²) in [6.07, 6.45) is -3.73. The van der Waals surface area contributed by atoms with Gasteiger partial charge in [-0.3, -0.25) is 10.2 Å². The molecule has 1 saturated heterocycles. The van der Waals surface area contributed by atoms with Crippen molar-refractivity contribution in [3.63, 3.8) is 0 Å². The lowest BCUT2D eigenvalue weighted by Crippen LogP contribution is -2.54. The Morgan fingerprint density at radius 1 is 0.699 bits per heavy atom. The first-order valence-electron chi connectivity index (χ1n) is 24.0. The second kappa shape index (κ2) is 22.6. The topological polar surface area (TPSA) is 179 Å². The minimum atomic E-state index is -4.77. The van der Waals surface area contributed by atoms with Gasteiger partial charge in [0, 0.05) is 18.5 Å². The molecule has 0 aromatic heterocycles. The summed E-state index contributed by atoms with van der Waals surface area (Å²) in [4.78, 5) is 59.6. The van der Waals surface area contributed by atoms with Gasteiger partial charge in [0.05, 0.1) is 4.90 Å². The van der Waals surface area contributed by atoms with E-state index in [4.69, 9.17) is 23.7 Å². The average Bonchev–Trinajstić information content (AvgIpc) is 3.74. The zero-order valence-corrected chi connectivity index (χ0v) is 42.2. The highest BCUT2D eigenvalue weighted by Gasteiger charge is 2.48. The number of carbonyl (C=O) groups excluding carboxylic acids is 4. The number of nitrogens with one attached hydrogen (secondary N) is 1. The van der Waals surface area contributed by atoms with Crippen LogP contribution in [0.4, 0.5) is 14.4 Å². The quantitative estimate of drug-likeness (QED) is 0.0361. The number of esters is 1. The van der Waals surface area contributed by atoms with E-state index in [1.165, 1.54) is 4.90 Å². The van der Waals surface area contributed by atoms with Gasteiger partial charge in [-0.2, -0.15) is 8.42 Å². The highest BCUT2D eigenvalue weighted by Crippen LogP contribution is 2.45. The number of amides is 3. The molecule has 3 atom stereocenters. The van der Waals surface area contributed by atoms with Gasteiger partial charge < -0.3 is 23.7 Å². The molecule has 73 heavy (non-hydrogen) atoms. The molecule has 0 radical (unpaired) electrons. The zero-order valence-electron chi connectivity index (χ0n) is 41.4. The molecule has 6 aromatic rings. The van der Waals surface area contributed by atoms with Crippen molar-refractivity contribution >= 4 is 40.2 Å². The van der Waals surface area contributed by atoms with Crippen LogP contribution in [0.1, 0.15) is 88.9 Å². The Kier molecular flexibility index (Phi) is 15.9. The van der Waals surface area contributed by atoms with Gasteiger partial charge in [-0.05, 0) is 92.0 Å². The maximum Gasteiger partial charge on any atom is 0.417 e. The molecule has 15 nitrogen and oxygen atoms in total. The number of nitrogens with zero attached hydrogens (tertiary/aromatic N) is 3. The number of rotatable bonds is 14. The van der Waals surface area contributed by atoms with Gasteiger partial charge in [0.15, 0.2) is 6.10 Å². The lowest BCUT2D eigenvalue weighted by Gasteiger charge is -2.44. The van der Waals surface area contributed by atoms with Crippen LogP contribution < -0.4 is 10.1 Å². The molecular formula is C57H58N4O11S. The largest absolute Gasteiger partial charge is 0.487 e. The number of hydrogen-bond acceptors (Lipinski definition) is 11. The first-order chi connectivity index (χ1) is 35.1. The Hall–Kier alpha value is -7.98. The number of ether oxygens (including phenoxy) is 5. The molecule has 0 aliphatic carbocycles. The Morgan fingerprint density at radius 3 is 1.77 bits per heavy atom. The first-order valence-corrected chi connectivity index (χ1v) is 25.5. The molecule has 6 aromatic carbocycles. The Morgan fingerprint density at radius 2 is 1.21 bits per heavy atom. The van der Waals surface area contributed by atoms with E-state index in [2.05, 4.69) is 9.71 Å². The average molecular weight is 1010 g/mol. The summed E-state index contributed by atoms with van der Waals surface area (Å²) in [6.45, 7) is 8.01. The third-order valence-corrected chi connectivity index (χ3v) is 14.4. The highest BCUT2D eigenvalue weighted by molar-refractivity contribution is 7.90. The number of benzene rings is 6. The normalized spacial score (nSPS) is 17.1. The number of guanidine groups is 1. The van der Waals surface area contributed by atoms with Crippen LogP contribution in [0, 0.1) is 20.8 Å². The van der Waals surface area contributed by atoms with Crippen LogP contribution in [0.25, 0.3) is 0 Å². The Balaban J connectivity index is 1.17. The molecule has 8 rings (SSSR count). The van der Waals surface area contributed by atoms with Crippen molar-refractivity contribution < 1.29 is 51.3 Å². The fourth-order valence-corrected chi connectivity index (χ4v) is 10.7. The minimum Gasteiger partial charge on any atom is -0.487 e. The number of carbonyl (C=O) groups is 4. The number of fused-ring (bicyclic) bond motifs is 1. The molecule has 0 spiro atoms. The van der Waals surface area contributed by atoms with Gasteiger partial charge in [0.2, 0.25) is 5.96 Å². The van der Waals surface area contributed by atoms with Crippen LogP contribution in [-0.4, -0.2) is 66.6 Å². The molecule has 0 saturated carbocycles. The fourth-order valence-electron chi connectivity index (χ4n) is 9.20. The Labute approximate surface area is 425 Å².